The number of carbonyl (C=O) groups is 1. The summed E-state index contributed by atoms with van der Waals surface area (Å²) in [7, 11) is 1.69. The van der Waals surface area contributed by atoms with Crippen molar-refractivity contribution >= 4 is 5.97 Å². The van der Waals surface area contributed by atoms with Gasteiger partial charge in [-0.25, -0.2) is 9.18 Å². The fourth-order valence-electron chi connectivity index (χ4n) is 2.40. The number of rotatable bonds is 4. The van der Waals surface area contributed by atoms with Gasteiger partial charge in [-0.05, 0) is 31.5 Å². The van der Waals surface area contributed by atoms with Crippen LogP contribution in [0, 0.1) is 5.82 Å². The summed E-state index contributed by atoms with van der Waals surface area (Å²) in [5, 5.41) is 8.79. The molecule has 0 bridgehead atoms. The third-order valence-corrected chi connectivity index (χ3v) is 3.49. The quantitative estimate of drug-likeness (QED) is 0.908. The third-order valence-electron chi connectivity index (χ3n) is 3.49. The number of carboxylic acid groups (broad SMARTS) is 1. The van der Waals surface area contributed by atoms with E-state index in [9.17, 15) is 9.18 Å². The SMILES string of the molecule is COC1CCCN(Cc2ccc(C(=O)O)cc2F)C1. The van der Waals surface area contributed by atoms with Gasteiger partial charge in [0.25, 0.3) is 0 Å². The van der Waals surface area contributed by atoms with Gasteiger partial charge in [-0.3, -0.25) is 4.90 Å². The predicted octanol–water partition coefficient (Wildman–Crippen LogP) is 2.13. The Kier molecular flexibility index (Phi) is 4.50. The van der Waals surface area contributed by atoms with E-state index in [0.717, 1.165) is 32.0 Å². The highest BCUT2D eigenvalue weighted by atomic mass is 19.1. The van der Waals surface area contributed by atoms with E-state index in [2.05, 4.69) is 4.90 Å². The van der Waals surface area contributed by atoms with Crippen LogP contribution in [0.25, 0.3) is 0 Å². The summed E-state index contributed by atoms with van der Waals surface area (Å²) < 4.78 is 19.1. The molecular weight excluding hydrogens is 249 g/mol. The maximum absolute atomic E-state index is 13.8. The number of aromatic carboxylic acids is 1. The molecule has 0 saturated carbocycles. The van der Waals surface area contributed by atoms with Crippen LogP contribution in [0.15, 0.2) is 18.2 Å². The molecule has 1 heterocycles. The van der Waals surface area contributed by atoms with Gasteiger partial charge in [0.1, 0.15) is 5.82 Å². The number of methoxy groups -OCH3 is 1. The molecule has 0 spiro atoms. The van der Waals surface area contributed by atoms with Crippen LogP contribution in [-0.2, 0) is 11.3 Å². The van der Waals surface area contributed by atoms with Gasteiger partial charge in [-0.2, -0.15) is 0 Å². The number of nitrogens with zero attached hydrogens (tertiary/aromatic N) is 1. The summed E-state index contributed by atoms with van der Waals surface area (Å²) in [5.41, 5.74) is 0.511. The van der Waals surface area contributed by atoms with Gasteiger partial charge in [0.05, 0.1) is 11.7 Å². The minimum Gasteiger partial charge on any atom is -0.478 e. The Labute approximate surface area is 111 Å². The van der Waals surface area contributed by atoms with Gasteiger partial charge in [0.2, 0.25) is 0 Å². The van der Waals surface area contributed by atoms with Crippen LogP contribution >= 0.6 is 0 Å². The Morgan fingerprint density at radius 3 is 3.00 bits per heavy atom. The van der Waals surface area contributed by atoms with Gasteiger partial charge in [-0.1, -0.05) is 6.07 Å². The molecule has 0 aromatic heterocycles. The molecule has 1 N–H and O–H groups in total. The summed E-state index contributed by atoms with van der Waals surface area (Å²) in [5.74, 6) is -1.57. The number of hydrogen-bond donors (Lipinski definition) is 1. The van der Waals surface area contributed by atoms with Gasteiger partial charge < -0.3 is 9.84 Å². The minimum absolute atomic E-state index is 0.0188. The average Bonchev–Trinajstić information content (AvgIpc) is 2.41. The van der Waals surface area contributed by atoms with Crippen LogP contribution in [0.3, 0.4) is 0 Å². The van der Waals surface area contributed by atoms with Crippen molar-refractivity contribution in [2.45, 2.75) is 25.5 Å². The second-order valence-electron chi connectivity index (χ2n) is 4.85. The molecule has 104 valence electrons. The number of likely N-dealkylation sites (tertiary alicyclic amines) is 1. The Morgan fingerprint density at radius 1 is 1.58 bits per heavy atom. The molecule has 0 aliphatic carbocycles. The molecule has 19 heavy (non-hydrogen) atoms. The maximum Gasteiger partial charge on any atom is 0.335 e. The van der Waals surface area contributed by atoms with Crippen molar-refractivity contribution < 1.29 is 19.0 Å². The lowest BCUT2D eigenvalue weighted by atomic mass is 10.1. The zero-order valence-corrected chi connectivity index (χ0v) is 10.9. The number of piperidine rings is 1. The summed E-state index contributed by atoms with van der Waals surface area (Å²) in [4.78, 5) is 12.9. The summed E-state index contributed by atoms with van der Waals surface area (Å²) in [6, 6.07) is 4.07. The minimum atomic E-state index is -1.11. The van der Waals surface area contributed by atoms with Crippen LogP contribution in [0.5, 0.6) is 0 Å². The molecule has 0 radical (unpaired) electrons. The normalized spacial score (nSPS) is 20.4. The van der Waals surface area contributed by atoms with E-state index < -0.39 is 11.8 Å². The Balaban J connectivity index is 2.04. The molecule has 4 nitrogen and oxygen atoms in total. The van der Waals surface area contributed by atoms with E-state index in [-0.39, 0.29) is 11.7 Å². The molecule has 1 aliphatic rings. The fraction of sp³-hybridized carbons (Fsp3) is 0.500. The molecule has 5 heteroatoms. The molecule has 0 amide bonds. The van der Waals surface area contributed by atoms with Crippen LogP contribution in [0.4, 0.5) is 4.39 Å². The van der Waals surface area contributed by atoms with Gasteiger partial charge in [-0.15, -0.1) is 0 Å². The zero-order chi connectivity index (χ0) is 13.8. The van der Waals surface area contributed by atoms with E-state index in [4.69, 9.17) is 9.84 Å². The molecule has 1 atom stereocenters. The molecule has 2 rings (SSSR count). The molecular formula is C14H18FNO3. The highest BCUT2D eigenvalue weighted by molar-refractivity contribution is 5.87. The highest BCUT2D eigenvalue weighted by Crippen LogP contribution is 2.18. The monoisotopic (exact) mass is 267 g/mol. The second-order valence-corrected chi connectivity index (χ2v) is 4.85. The zero-order valence-electron chi connectivity index (χ0n) is 10.9. The van der Waals surface area contributed by atoms with Crippen molar-refractivity contribution in [3.8, 4) is 0 Å². The lowest BCUT2D eigenvalue weighted by Crippen LogP contribution is -2.38. The Morgan fingerprint density at radius 2 is 2.37 bits per heavy atom. The maximum atomic E-state index is 13.8. The first kappa shape index (κ1) is 14.0. The van der Waals surface area contributed by atoms with Crippen molar-refractivity contribution in [3.05, 3.63) is 35.1 Å². The second kappa shape index (κ2) is 6.12. The molecule has 1 fully saturated rings. The predicted molar refractivity (Wildman–Crippen MR) is 68.7 cm³/mol. The smallest absolute Gasteiger partial charge is 0.335 e. The average molecular weight is 267 g/mol. The molecule has 1 aliphatic heterocycles. The number of benzene rings is 1. The van der Waals surface area contributed by atoms with Crippen LogP contribution in [-0.4, -0.2) is 42.3 Å². The molecule has 1 unspecified atom stereocenters. The van der Waals surface area contributed by atoms with Crippen LogP contribution in [0.1, 0.15) is 28.8 Å². The largest absolute Gasteiger partial charge is 0.478 e. The summed E-state index contributed by atoms with van der Waals surface area (Å²) in [6.07, 6.45) is 2.27. The lowest BCUT2D eigenvalue weighted by Gasteiger charge is -2.31. The fourth-order valence-corrected chi connectivity index (χ4v) is 2.40. The first-order valence-corrected chi connectivity index (χ1v) is 6.37. The topological polar surface area (TPSA) is 49.8 Å². The van der Waals surface area contributed by atoms with E-state index in [0.29, 0.717) is 12.1 Å². The van der Waals surface area contributed by atoms with Crippen LogP contribution in [0.2, 0.25) is 0 Å². The van der Waals surface area contributed by atoms with Crippen molar-refractivity contribution in [2.75, 3.05) is 20.2 Å². The summed E-state index contributed by atoms with van der Waals surface area (Å²) >= 11 is 0. The van der Waals surface area contributed by atoms with Gasteiger partial charge >= 0.3 is 5.97 Å². The van der Waals surface area contributed by atoms with Crippen molar-refractivity contribution in [1.29, 1.82) is 0 Å². The number of halogens is 1. The number of ether oxygens (including phenoxy) is 1. The molecule has 1 aromatic rings. The first-order valence-electron chi connectivity index (χ1n) is 6.37. The molecule has 1 aromatic carbocycles. The highest BCUT2D eigenvalue weighted by Gasteiger charge is 2.20. The van der Waals surface area contributed by atoms with Gasteiger partial charge in [0.15, 0.2) is 0 Å². The van der Waals surface area contributed by atoms with E-state index in [1.54, 1.807) is 13.2 Å². The number of hydrogen-bond acceptors (Lipinski definition) is 3. The Bertz CT molecular complexity index is 464. The molecule has 1 saturated heterocycles. The third kappa shape index (κ3) is 3.52. The van der Waals surface area contributed by atoms with Crippen LogP contribution < -0.4 is 0 Å². The van der Waals surface area contributed by atoms with E-state index in [1.807, 2.05) is 0 Å². The van der Waals surface area contributed by atoms with Crippen molar-refractivity contribution in [1.82, 2.24) is 4.90 Å². The summed E-state index contributed by atoms with van der Waals surface area (Å²) in [6.45, 7) is 2.20. The number of carboxylic acids is 1. The standard InChI is InChI=1S/C14H18FNO3/c1-19-12-3-2-6-16(9-12)8-11-5-4-10(14(17)18)7-13(11)15/h4-5,7,12H,2-3,6,8-9H2,1H3,(H,17,18). The van der Waals surface area contributed by atoms with Crippen molar-refractivity contribution in [2.24, 2.45) is 0 Å². The van der Waals surface area contributed by atoms with Crippen molar-refractivity contribution in [3.63, 3.8) is 0 Å². The Hall–Kier alpha value is -1.46. The first-order chi connectivity index (χ1) is 9.10. The van der Waals surface area contributed by atoms with E-state index >= 15 is 0 Å². The van der Waals surface area contributed by atoms with Gasteiger partial charge in [0, 0.05) is 25.8 Å². The lowest BCUT2D eigenvalue weighted by molar-refractivity contribution is 0.0282. The van der Waals surface area contributed by atoms with E-state index in [1.165, 1.54) is 6.07 Å².